The van der Waals surface area contributed by atoms with Crippen LogP contribution in [0.25, 0.3) is 10.9 Å². The minimum atomic E-state index is 0.561. The van der Waals surface area contributed by atoms with E-state index in [-0.39, 0.29) is 0 Å². The van der Waals surface area contributed by atoms with Crippen molar-refractivity contribution in [3.05, 3.63) is 71.1 Å². The van der Waals surface area contributed by atoms with Gasteiger partial charge in [0.15, 0.2) is 0 Å². The second kappa shape index (κ2) is 5.99. The summed E-state index contributed by atoms with van der Waals surface area (Å²) >= 11 is 6.22. The highest BCUT2D eigenvalue weighted by atomic mass is 35.5. The molecule has 1 N–H and O–H groups in total. The molecule has 0 saturated carbocycles. The van der Waals surface area contributed by atoms with Gasteiger partial charge in [0, 0.05) is 36.4 Å². The molecule has 2 heterocycles. The summed E-state index contributed by atoms with van der Waals surface area (Å²) in [6.07, 6.45) is 3.59. The fourth-order valence-electron chi connectivity index (χ4n) is 2.10. The molecule has 0 spiro atoms. The van der Waals surface area contributed by atoms with E-state index < -0.39 is 0 Å². The van der Waals surface area contributed by atoms with Crippen LogP contribution in [0, 0.1) is 0 Å². The van der Waals surface area contributed by atoms with Crippen LogP contribution in [0.15, 0.2) is 54.9 Å². The first kappa shape index (κ1) is 13.0. The Bertz CT molecular complexity index is 713. The van der Waals surface area contributed by atoms with Gasteiger partial charge in [0.1, 0.15) is 5.15 Å². The number of hydrogen-bond donors (Lipinski definition) is 1. The van der Waals surface area contributed by atoms with E-state index in [1.165, 1.54) is 5.56 Å². The van der Waals surface area contributed by atoms with Crippen molar-refractivity contribution in [3.8, 4) is 0 Å². The molecule has 0 radical (unpaired) electrons. The maximum absolute atomic E-state index is 6.22. The van der Waals surface area contributed by atoms with Crippen molar-refractivity contribution in [2.45, 2.75) is 13.1 Å². The van der Waals surface area contributed by atoms with Crippen LogP contribution < -0.4 is 5.32 Å². The molecule has 4 heteroatoms. The Morgan fingerprint density at radius 3 is 2.65 bits per heavy atom. The largest absolute Gasteiger partial charge is 0.309 e. The molecule has 3 nitrogen and oxygen atoms in total. The number of halogens is 1. The Morgan fingerprint density at radius 2 is 1.80 bits per heavy atom. The summed E-state index contributed by atoms with van der Waals surface area (Å²) in [5, 5.41) is 5.04. The van der Waals surface area contributed by atoms with Crippen LogP contribution in [-0.2, 0) is 13.1 Å². The van der Waals surface area contributed by atoms with Crippen molar-refractivity contribution in [1.82, 2.24) is 15.3 Å². The van der Waals surface area contributed by atoms with E-state index in [9.17, 15) is 0 Å². The van der Waals surface area contributed by atoms with Crippen LogP contribution >= 0.6 is 11.6 Å². The van der Waals surface area contributed by atoms with E-state index in [1.807, 2.05) is 36.4 Å². The molecule has 0 atom stereocenters. The van der Waals surface area contributed by atoms with Crippen molar-refractivity contribution in [2.24, 2.45) is 0 Å². The average Bonchev–Trinajstić information content (AvgIpc) is 2.49. The van der Waals surface area contributed by atoms with Crippen LogP contribution in [0.4, 0.5) is 0 Å². The van der Waals surface area contributed by atoms with Crippen molar-refractivity contribution in [1.29, 1.82) is 0 Å². The molecule has 1 aromatic carbocycles. The number of pyridine rings is 2. The zero-order chi connectivity index (χ0) is 13.8. The van der Waals surface area contributed by atoms with E-state index in [1.54, 1.807) is 12.4 Å². The lowest BCUT2D eigenvalue weighted by atomic mass is 10.1. The molecule has 0 unspecified atom stereocenters. The molecule has 2 aromatic heterocycles. The average molecular weight is 284 g/mol. The van der Waals surface area contributed by atoms with Gasteiger partial charge in [0.25, 0.3) is 0 Å². The van der Waals surface area contributed by atoms with Gasteiger partial charge in [-0.1, -0.05) is 29.8 Å². The van der Waals surface area contributed by atoms with E-state index in [0.717, 1.165) is 23.0 Å². The molecule has 20 heavy (non-hydrogen) atoms. The maximum Gasteiger partial charge on any atom is 0.134 e. The molecular weight excluding hydrogens is 270 g/mol. The zero-order valence-corrected chi connectivity index (χ0v) is 11.6. The first-order valence-corrected chi connectivity index (χ1v) is 6.84. The van der Waals surface area contributed by atoms with Gasteiger partial charge in [-0.15, -0.1) is 0 Å². The van der Waals surface area contributed by atoms with Crippen molar-refractivity contribution in [3.63, 3.8) is 0 Å². The summed E-state index contributed by atoms with van der Waals surface area (Å²) in [5.74, 6) is 0. The van der Waals surface area contributed by atoms with Gasteiger partial charge in [0.2, 0.25) is 0 Å². The number of para-hydroxylation sites is 1. The van der Waals surface area contributed by atoms with Gasteiger partial charge in [-0.3, -0.25) is 4.98 Å². The molecule has 3 aromatic rings. The first-order valence-electron chi connectivity index (χ1n) is 6.47. The fourth-order valence-corrected chi connectivity index (χ4v) is 2.31. The molecule has 0 aliphatic heterocycles. The lowest BCUT2D eigenvalue weighted by Gasteiger charge is -2.08. The van der Waals surface area contributed by atoms with E-state index in [2.05, 4.69) is 21.4 Å². The number of fused-ring (bicyclic) bond motifs is 1. The van der Waals surface area contributed by atoms with E-state index in [0.29, 0.717) is 11.7 Å². The second-order valence-corrected chi connectivity index (χ2v) is 4.95. The monoisotopic (exact) mass is 283 g/mol. The third-order valence-electron chi connectivity index (χ3n) is 3.14. The molecule has 0 fully saturated rings. The molecule has 0 amide bonds. The van der Waals surface area contributed by atoms with Crippen molar-refractivity contribution < 1.29 is 0 Å². The quantitative estimate of drug-likeness (QED) is 0.744. The smallest absolute Gasteiger partial charge is 0.134 e. The van der Waals surface area contributed by atoms with Gasteiger partial charge in [-0.2, -0.15) is 0 Å². The Balaban J connectivity index is 1.72. The third kappa shape index (κ3) is 2.95. The highest BCUT2D eigenvalue weighted by Crippen LogP contribution is 2.20. The van der Waals surface area contributed by atoms with Gasteiger partial charge in [-0.25, -0.2) is 4.98 Å². The van der Waals surface area contributed by atoms with Gasteiger partial charge >= 0.3 is 0 Å². The minimum absolute atomic E-state index is 0.561. The first-order chi connectivity index (χ1) is 9.83. The summed E-state index contributed by atoms with van der Waals surface area (Å²) in [5.41, 5.74) is 3.14. The van der Waals surface area contributed by atoms with Crippen LogP contribution in [-0.4, -0.2) is 9.97 Å². The Kier molecular flexibility index (Phi) is 3.90. The van der Waals surface area contributed by atoms with Crippen LogP contribution in [0.5, 0.6) is 0 Å². The van der Waals surface area contributed by atoms with E-state index in [4.69, 9.17) is 11.6 Å². The van der Waals surface area contributed by atoms with Crippen molar-refractivity contribution in [2.75, 3.05) is 0 Å². The van der Waals surface area contributed by atoms with Crippen molar-refractivity contribution >= 4 is 22.5 Å². The summed E-state index contributed by atoms with van der Waals surface area (Å²) in [4.78, 5) is 8.42. The van der Waals surface area contributed by atoms with Gasteiger partial charge < -0.3 is 5.32 Å². The normalized spacial score (nSPS) is 10.8. The Morgan fingerprint density at radius 1 is 1.00 bits per heavy atom. The number of nitrogens with zero attached hydrogens (tertiary/aromatic N) is 2. The third-order valence-corrected chi connectivity index (χ3v) is 3.47. The second-order valence-electron chi connectivity index (χ2n) is 4.59. The molecule has 0 aliphatic rings. The number of nitrogens with one attached hydrogen (secondary N) is 1. The number of benzene rings is 1. The van der Waals surface area contributed by atoms with Crippen LogP contribution in [0.3, 0.4) is 0 Å². The Hall–Kier alpha value is -1.97. The predicted octanol–water partition coefficient (Wildman–Crippen LogP) is 3.57. The molecule has 0 aliphatic carbocycles. The summed E-state index contributed by atoms with van der Waals surface area (Å²) in [7, 11) is 0. The summed E-state index contributed by atoms with van der Waals surface area (Å²) < 4.78 is 0. The molecule has 0 bridgehead atoms. The number of hydrogen-bond acceptors (Lipinski definition) is 3. The maximum atomic E-state index is 6.22. The SMILES string of the molecule is Clc1nc2ccccc2cc1CNCc1ccncc1. The number of rotatable bonds is 4. The lowest BCUT2D eigenvalue weighted by Crippen LogP contribution is -2.13. The Labute approximate surface area is 122 Å². The summed E-state index contributed by atoms with van der Waals surface area (Å²) in [6, 6.07) is 14.1. The molecule has 100 valence electrons. The topological polar surface area (TPSA) is 37.8 Å². The minimum Gasteiger partial charge on any atom is -0.309 e. The highest BCUT2D eigenvalue weighted by molar-refractivity contribution is 6.30. The molecule has 3 rings (SSSR count). The summed E-state index contributed by atoms with van der Waals surface area (Å²) in [6.45, 7) is 1.48. The predicted molar refractivity (Wildman–Crippen MR) is 81.5 cm³/mol. The van der Waals surface area contributed by atoms with Crippen LogP contribution in [0.2, 0.25) is 5.15 Å². The highest BCUT2D eigenvalue weighted by Gasteiger charge is 2.04. The van der Waals surface area contributed by atoms with Gasteiger partial charge in [0.05, 0.1) is 5.52 Å². The van der Waals surface area contributed by atoms with Crippen LogP contribution in [0.1, 0.15) is 11.1 Å². The fraction of sp³-hybridized carbons (Fsp3) is 0.125. The van der Waals surface area contributed by atoms with E-state index >= 15 is 0 Å². The number of aromatic nitrogens is 2. The standard InChI is InChI=1S/C16H14ClN3/c17-16-14(9-13-3-1-2-4-15(13)20-16)11-19-10-12-5-7-18-8-6-12/h1-9,19H,10-11H2. The molecule has 0 saturated heterocycles. The molecular formula is C16H14ClN3. The van der Waals surface area contributed by atoms with Gasteiger partial charge in [-0.05, 0) is 29.8 Å². The lowest BCUT2D eigenvalue weighted by molar-refractivity contribution is 0.692. The zero-order valence-electron chi connectivity index (χ0n) is 10.9.